The van der Waals surface area contributed by atoms with E-state index in [0.717, 1.165) is 12.5 Å². The molecular formula is C14H19FO5. The summed E-state index contributed by atoms with van der Waals surface area (Å²) in [5.41, 5.74) is 0.365. The summed E-state index contributed by atoms with van der Waals surface area (Å²) in [6, 6.07) is 3.62. The molecule has 0 atom stereocenters. The van der Waals surface area contributed by atoms with Crippen LogP contribution in [0.5, 0.6) is 0 Å². The number of rotatable bonds is 10. The normalized spacial score (nSPS) is 10.7. The van der Waals surface area contributed by atoms with Gasteiger partial charge in [0, 0.05) is 20.3 Å². The Bertz CT molecular complexity index is 422. The SMILES string of the molecule is COCCCOCCOCc1ccc(F)cc1C(=O)O. The number of benzene rings is 1. The summed E-state index contributed by atoms with van der Waals surface area (Å²) in [7, 11) is 1.63. The Kier molecular flexibility index (Phi) is 7.79. The summed E-state index contributed by atoms with van der Waals surface area (Å²) in [5, 5.41) is 8.95. The van der Waals surface area contributed by atoms with Crippen molar-refractivity contribution >= 4 is 5.97 Å². The van der Waals surface area contributed by atoms with Crippen molar-refractivity contribution in [1.82, 2.24) is 0 Å². The van der Waals surface area contributed by atoms with Crippen molar-refractivity contribution in [3.05, 3.63) is 35.1 Å². The molecule has 20 heavy (non-hydrogen) atoms. The van der Waals surface area contributed by atoms with Crippen LogP contribution in [0.2, 0.25) is 0 Å². The minimum atomic E-state index is -1.17. The number of carbonyl (C=O) groups is 1. The maximum Gasteiger partial charge on any atom is 0.336 e. The monoisotopic (exact) mass is 286 g/mol. The summed E-state index contributed by atoms with van der Waals surface area (Å²) in [4.78, 5) is 11.0. The second-order valence-electron chi connectivity index (χ2n) is 4.12. The van der Waals surface area contributed by atoms with Crippen molar-refractivity contribution < 1.29 is 28.5 Å². The lowest BCUT2D eigenvalue weighted by Gasteiger charge is -2.08. The maximum atomic E-state index is 13.0. The highest BCUT2D eigenvalue weighted by atomic mass is 19.1. The fraction of sp³-hybridized carbons (Fsp3) is 0.500. The van der Waals surface area contributed by atoms with Crippen LogP contribution in [0, 0.1) is 5.82 Å². The molecule has 5 nitrogen and oxygen atoms in total. The van der Waals surface area contributed by atoms with Crippen LogP contribution in [-0.4, -0.2) is 44.6 Å². The maximum absolute atomic E-state index is 13.0. The average molecular weight is 286 g/mol. The van der Waals surface area contributed by atoms with E-state index >= 15 is 0 Å². The van der Waals surface area contributed by atoms with E-state index in [2.05, 4.69) is 0 Å². The van der Waals surface area contributed by atoms with Gasteiger partial charge in [-0.25, -0.2) is 9.18 Å². The summed E-state index contributed by atoms with van der Waals surface area (Å²) < 4.78 is 28.4. The van der Waals surface area contributed by atoms with E-state index in [9.17, 15) is 9.18 Å². The van der Waals surface area contributed by atoms with E-state index in [1.54, 1.807) is 7.11 Å². The Hall–Kier alpha value is -1.50. The highest BCUT2D eigenvalue weighted by Gasteiger charge is 2.11. The second-order valence-corrected chi connectivity index (χ2v) is 4.12. The fourth-order valence-corrected chi connectivity index (χ4v) is 1.58. The third-order valence-electron chi connectivity index (χ3n) is 2.57. The van der Waals surface area contributed by atoms with Crippen LogP contribution in [0.4, 0.5) is 4.39 Å². The van der Waals surface area contributed by atoms with E-state index in [0.29, 0.717) is 32.0 Å². The van der Waals surface area contributed by atoms with Gasteiger partial charge in [-0.1, -0.05) is 6.07 Å². The summed E-state index contributed by atoms with van der Waals surface area (Å²) >= 11 is 0. The zero-order valence-electron chi connectivity index (χ0n) is 11.4. The van der Waals surface area contributed by atoms with Gasteiger partial charge in [0.25, 0.3) is 0 Å². The van der Waals surface area contributed by atoms with E-state index in [1.165, 1.54) is 12.1 Å². The molecule has 0 aliphatic heterocycles. The van der Waals surface area contributed by atoms with Crippen LogP contribution < -0.4 is 0 Å². The topological polar surface area (TPSA) is 65.0 Å². The molecule has 0 bridgehead atoms. The van der Waals surface area contributed by atoms with Crippen LogP contribution in [0.15, 0.2) is 18.2 Å². The summed E-state index contributed by atoms with van der Waals surface area (Å²) in [6.45, 7) is 2.13. The van der Waals surface area contributed by atoms with Crippen LogP contribution in [0.3, 0.4) is 0 Å². The predicted octanol–water partition coefficient (Wildman–Crippen LogP) is 2.09. The summed E-state index contributed by atoms with van der Waals surface area (Å²) in [6.07, 6.45) is 0.817. The first-order valence-corrected chi connectivity index (χ1v) is 6.31. The minimum absolute atomic E-state index is 0.0778. The predicted molar refractivity (Wildman–Crippen MR) is 70.3 cm³/mol. The van der Waals surface area contributed by atoms with Crippen LogP contribution in [0.25, 0.3) is 0 Å². The van der Waals surface area contributed by atoms with E-state index in [1.807, 2.05) is 0 Å². The third-order valence-corrected chi connectivity index (χ3v) is 2.57. The molecule has 0 heterocycles. The standard InChI is InChI=1S/C14H19FO5/c1-18-5-2-6-19-7-8-20-10-11-3-4-12(15)9-13(11)14(16)17/h3-4,9H,2,5-8,10H2,1H3,(H,16,17). The molecule has 0 amide bonds. The molecule has 0 saturated carbocycles. The minimum Gasteiger partial charge on any atom is -0.478 e. The van der Waals surface area contributed by atoms with Crippen molar-refractivity contribution in [2.75, 3.05) is 33.5 Å². The molecule has 112 valence electrons. The molecule has 0 aliphatic carbocycles. The fourth-order valence-electron chi connectivity index (χ4n) is 1.58. The largest absolute Gasteiger partial charge is 0.478 e. The van der Waals surface area contributed by atoms with Gasteiger partial charge >= 0.3 is 5.97 Å². The van der Waals surface area contributed by atoms with Gasteiger partial charge in [-0.2, -0.15) is 0 Å². The number of ether oxygens (including phenoxy) is 3. The number of hydrogen-bond donors (Lipinski definition) is 1. The zero-order valence-corrected chi connectivity index (χ0v) is 11.4. The molecule has 0 aliphatic rings. The van der Waals surface area contributed by atoms with E-state index < -0.39 is 11.8 Å². The number of halogens is 1. The molecule has 0 unspecified atom stereocenters. The van der Waals surface area contributed by atoms with Crippen molar-refractivity contribution in [3.8, 4) is 0 Å². The zero-order chi connectivity index (χ0) is 14.8. The number of carboxylic acids is 1. The van der Waals surface area contributed by atoms with E-state index in [4.69, 9.17) is 19.3 Å². The first kappa shape index (κ1) is 16.6. The number of aromatic carboxylic acids is 1. The molecule has 1 N–H and O–H groups in total. The van der Waals surface area contributed by atoms with Gasteiger partial charge in [-0.05, 0) is 24.1 Å². The van der Waals surface area contributed by atoms with Crippen LogP contribution >= 0.6 is 0 Å². The smallest absolute Gasteiger partial charge is 0.336 e. The van der Waals surface area contributed by atoms with E-state index in [-0.39, 0.29) is 12.2 Å². The average Bonchev–Trinajstić information content (AvgIpc) is 2.43. The van der Waals surface area contributed by atoms with Crippen molar-refractivity contribution in [2.24, 2.45) is 0 Å². The molecule has 1 rings (SSSR count). The van der Waals surface area contributed by atoms with Crippen molar-refractivity contribution in [1.29, 1.82) is 0 Å². The second kappa shape index (κ2) is 9.41. The highest BCUT2D eigenvalue weighted by molar-refractivity contribution is 5.89. The Morgan fingerprint density at radius 3 is 2.65 bits per heavy atom. The lowest BCUT2D eigenvalue weighted by Crippen LogP contribution is -2.09. The highest BCUT2D eigenvalue weighted by Crippen LogP contribution is 2.12. The molecule has 0 saturated heterocycles. The third kappa shape index (κ3) is 6.10. The number of hydrogen-bond acceptors (Lipinski definition) is 4. The lowest BCUT2D eigenvalue weighted by atomic mass is 10.1. The van der Waals surface area contributed by atoms with Gasteiger partial charge in [-0.15, -0.1) is 0 Å². The molecule has 1 aromatic rings. The van der Waals surface area contributed by atoms with Gasteiger partial charge in [0.15, 0.2) is 0 Å². The quantitative estimate of drug-likeness (QED) is 0.667. The van der Waals surface area contributed by atoms with Crippen LogP contribution in [0.1, 0.15) is 22.3 Å². The van der Waals surface area contributed by atoms with Crippen LogP contribution in [-0.2, 0) is 20.8 Å². The van der Waals surface area contributed by atoms with Gasteiger partial charge < -0.3 is 19.3 Å². The van der Waals surface area contributed by atoms with Gasteiger partial charge in [0.05, 0.1) is 25.4 Å². The summed E-state index contributed by atoms with van der Waals surface area (Å²) in [5.74, 6) is -1.74. The molecule has 1 aromatic carbocycles. The molecule has 0 fully saturated rings. The van der Waals surface area contributed by atoms with Crippen molar-refractivity contribution in [2.45, 2.75) is 13.0 Å². The molecule has 0 radical (unpaired) electrons. The Morgan fingerprint density at radius 2 is 1.95 bits per heavy atom. The lowest BCUT2D eigenvalue weighted by molar-refractivity contribution is 0.0331. The van der Waals surface area contributed by atoms with Crippen molar-refractivity contribution in [3.63, 3.8) is 0 Å². The first-order chi connectivity index (χ1) is 9.65. The van der Waals surface area contributed by atoms with Gasteiger partial charge in [0.1, 0.15) is 5.82 Å². The molecule has 0 spiro atoms. The van der Waals surface area contributed by atoms with Gasteiger partial charge in [-0.3, -0.25) is 0 Å². The van der Waals surface area contributed by atoms with Gasteiger partial charge in [0.2, 0.25) is 0 Å². The molecular weight excluding hydrogens is 267 g/mol. The Labute approximate surface area is 117 Å². The number of methoxy groups -OCH3 is 1. The molecule has 6 heteroatoms. The molecule has 0 aromatic heterocycles. The Morgan fingerprint density at radius 1 is 1.20 bits per heavy atom. The number of carboxylic acid groups (broad SMARTS) is 1. The Balaban J connectivity index is 2.27. The first-order valence-electron chi connectivity index (χ1n) is 6.31.